The molecule has 2 aromatic heterocycles. The van der Waals surface area contributed by atoms with E-state index in [9.17, 15) is 9.59 Å². The van der Waals surface area contributed by atoms with Gasteiger partial charge in [-0.15, -0.1) is 0 Å². The largest absolute Gasteiger partial charge is 0.324 e. The molecule has 0 aromatic carbocycles. The van der Waals surface area contributed by atoms with Crippen molar-refractivity contribution in [1.29, 1.82) is 0 Å². The van der Waals surface area contributed by atoms with Crippen LogP contribution in [-0.4, -0.2) is 26.2 Å². The van der Waals surface area contributed by atoms with Crippen LogP contribution in [0, 0.1) is 19.8 Å². The number of carbonyl (C=O) groups is 1. The van der Waals surface area contributed by atoms with Crippen molar-refractivity contribution in [3.63, 3.8) is 0 Å². The molecular formula is C17H20N4O2S. The van der Waals surface area contributed by atoms with Gasteiger partial charge in [0.1, 0.15) is 0 Å². The summed E-state index contributed by atoms with van der Waals surface area (Å²) in [6, 6.07) is 1.85. The van der Waals surface area contributed by atoms with E-state index in [2.05, 4.69) is 15.3 Å². The molecule has 0 fully saturated rings. The minimum Gasteiger partial charge on any atom is -0.324 e. The van der Waals surface area contributed by atoms with Gasteiger partial charge in [0, 0.05) is 29.8 Å². The summed E-state index contributed by atoms with van der Waals surface area (Å²) in [7, 11) is 0. The maximum absolute atomic E-state index is 12.6. The van der Waals surface area contributed by atoms with Crippen molar-refractivity contribution in [3.8, 4) is 0 Å². The lowest BCUT2D eigenvalue weighted by Gasteiger charge is -2.25. The maximum atomic E-state index is 12.6. The summed E-state index contributed by atoms with van der Waals surface area (Å²) < 4.78 is 1.64. The van der Waals surface area contributed by atoms with Crippen molar-refractivity contribution in [1.82, 2.24) is 14.5 Å². The fourth-order valence-corrected chi connectivity index (χ4v) is 3.91. The van der Waals surface area contributed by atoms with Crippen molar-refractivity contribution < 1.29 is 4.79 Å². The van der Waals surface area contributed by atoms with Gasteiger partial charge in [-0.05, 0) is 31.9 Å². The smallest absolute Gasteiger partial charge is 0.257 e. The van der Waals surface area contributed by atoms with Crippen LogP contribution in [0.5, 0.6) is 0 Å². The first kappa shape index (κ1) is 16.7. The molecule has 0 saturated heterocycles. The molecule has 6 nitrogen and oxygen atoms in total. The highest BCUT2D eigenvalue weighted by Gasteiger charge is 2.28. The highest BCUT2D eigenvalue weighted by Crippen LogP contribution is 2.27. The van der Waals surface area contributed by atoms with Gasteiger partial charge in [-0.3, -0.25) is 19.1 Å². The SMILES string of the molecule is CCc1c(C)nc2n(c1=O)CC(C(=O)Nc1cnccc1C)CS2. The van der Waals surface area contributed by atoms with Crippen molar-refractivity contribution >= 4 is 23.4 Å². The van der Waals surface area contributed by atoms with E-state index in [4.69, 9.17) is 0 Å². The van der Waals surface area contributed by atoms with Gasteiger partial charge in [0.2, 0.25) is 5.91 Å². The maximum Gasteiger partial charge on any atom is 0.257 e. The van der Waals surface area contributed by atoms with Crippen molar-refractivity contribution in [2.45, 2.75) is 38.9 Å². The Balaban J connectivity index is 1.83. The molecule has 7 heteroatoms. The molecule has 1 aliphatic heterocycles. The van der Waals surface area contributed by atoms with Crippen molar-refractivity contribution in [2.75, 3.05) is 11.1 Å². The first-order valence-corrected chi connectivity index (χ1v) is 8.94. The number of nitrogens with zero attached hydrogens (tertiary/aromatic N) is 3. The third-order valence-electron chi connectivity index (χ3n) is 4.27. The summed E-state index contributed by atoms with van der Waals surface area (Å²) in [5.74, 6) is 0.256. The van der Waals surface area contributed by atoms with E-state index in [1.54, 1.807) is 17.0 Å². The molecular weight excluding hydrogens is 324 g/mol. The molecule has 1 amide bonds. The number of thioether (sulfide) groups is 1. The Labute approximate surface area is 144 Å². The Hall–Kier alpha value is -2.15. The lowest BCUT2D eigenvalue weighted by atomic mass is 10.1. The van der Waals surface area contributed by atoms with Crippen LogP contribution in [0.1, 0.15) is 23.7 Å². The number of rotatable bonds is 3. The predicted octanol–water partition coefficient (Wildman–Crippen LogP) is 2.18. The quantitative estimate of drug-likeness (QED) is 0.864. The lowest BCUT2D eigenvalue weighted by molar-refractivity contribution is -0.119. The molecule has 0 saturated carbocycles. The number of aromatic nitrogens is 3. The Bertz CT molecular complexity index is 847. The van der Waals surface area contributed by atoms with E-state index in [0.29, 0.717) is 29.6 Å². The topological polar surface area (TPSA) is 76.9 Å². The Morgan fingerprint density at radius 2 is 2.25 bits per heavy atom. The van der Waals surface area contributed by atoms with E-state index in [1.807, 2.05) is 26.8 Å². The van der Waals surface area contributed by atoms with Crippen LogP contribution in [0.25, 0.3) is 0 Å². The predicted molar refractivity (Wildman–Crippen MR) is 94.4 cm³/mol. The molecule has 2 aromatic rings. The van der Waals surface area contributed by atoms with Crippen LogP contribution >= 0.6 is 11.8 Å². The molecule has 0 radical (unpaired) electrons. The molecule has 126 valence electrons. The zero-order valence-corrected chi connectivity index (χ0v) is 14.8. The van der Waals surface area contributed by atoms with Crippen molar-refractivity contribution in [2.24, 2.45) is 5.92 Å². The molecule has 0 spiro atoms. The average Bonchev–Trinajstić information content (AvgIpc) is 2.57. The van der Waals surface area contributed by atoms with E-state index in [-0.39, 0.29) is 17.4 Å². The highest BCUT2D eigenvalue weighted by atomic mass is 32.2. The molecule has 0 aliphatic carbocycles. The molecule has 0 bridgehead atoms. The van der Waals surface area contributed by atoms with Crippen LogP contribution in [0.4, 0.5) is 5.69 Å². The fraction of sp³-hybridized carbons (Fsp3) is 0.412. The van der Waals surface area contributed by atoms with Crippen LogP contribution < -0.4 is 10.9 Å². The zero-order chi connectivity index (χ0) is 17.3. The zero-order valence-electron chi connectivity index (χ0n) is 14.0. The van der Waals surface area contributed by atoms with E-state index >= 15 is 0 Å². The third-order valence-corrected chi connectivity index (χ3v) is 5.41. The molecule has 1 aliphatic rings. The van der Waals surface area contributed by atoms with E-state index < -0.39 is 0 Å². The number of pyridine rings is 1. The minimum absolute atomic E-state index is 0.0254. The molecule has 3 rings (SSSR count). The van der Waals surface area contributed by atoms with Crippen LogP contribution in [-0.2, 0) is 17.8 Å². The second kappa shape index (κ2) is 6.76. The molecule has 3 heterocycles. The fourth-order valence-electron chi connectivity index (χ4n) is 2.79. The summed E-state index contributed by atoms with van der Waals surface area (Å²) in [6.07, 6.45) is 3.98. The average molecular weight is 344 g/mol. The van der Waals surface area contributed by atoms with Crippen LogP contribution in [0.15, 0.2) is 28.4 Å². The molecule has 1 N–H and O–H groups in total. The Kier molecular flexibility index (Phi) is 4.71. The van der Waals surface area contributed by atoms with Crippen LogP contribution in [0.2, 0.25) is 0 Å². The van der Waals surface area contributed by atoms with Gasteiger partial charge in [-0.25, -0.2) is 4.98 Å². The first-order chi connectivity index (χ1) is 11.5. The van der Waals surface area contributed by atoms with Crippen LogP contribution in [0.3, 0.4) is 0 Å². The Morgan fingerprint density at radius 1 is 1.46 bits per heavy atom. The van der Waals surface area contributed by atoms with E-state index in [0.717, 1.165) is 16.8 Å². The number of nitrogens with one attached hydrogen (secondary N) is 1. The number of fused-ring (bicyclic) bond motifs is 1. The third kappa shape index (κ3) is 3.08. The van der Waals surface area contributed by atoms with Gasteiger partial charge in [0.15, 0.2) is 5.16 Å². The monoisotopic (exact) mass is 344 g/mol. The number of hydrogen-bond acceptors (Lipinski definition) is 5. The van der Waals surface area contributed by atoms with E-state index in [1.165, 1.54) is 11.8 Å². The number of hydrogen-bond donors (Lipinski definition) is 1. The normalized spacial score (nSPS) is 16.5. The lowest BCUT2D eigenvalue weighted by Crippen LogP contribution is -2.38. The standard InChI is InChI=1S/C17H20N4O2S/c1-4-13-11(3)19-17-21(16(13)23)8-12(9-24-17)15(22)20-14-7-18-6-5-10(14)2/h5-7,12H,4,8-9H2,1-3H3,(H,20,22). The first-order valence-electron chi connectivity index (χ1n) is 7.95. The van der Waals surface area contributed by atoms with Gasteiger partial charge in [-0.1, -0.05) is 18.7 Å². The molecule has 1 atom stereocenters. The number of amides is 1. The summed E-state index contributed by atoms with van der Waals surface area (Å²) in [5.41, 5.74) is 3.16. The Morgan fingerprint density at radius 3 is 2.96 bits per heavy atom. The number of aryl methyl sites for hydroxylation is 2. The summed E-state index contributed by atoms with van der Waals surface area (Å²) in [6.45, 7) is 6.11. The second-order valence-corrected chi connectivity index (χ2v) is 6.90. The van der Waals surface area contributed by atoms with Gasteiger partial charge in [0.25, 0.3) is 5.56 Å². The second-order valence-electron chi connectivity index (χ2n) is 5.92. The van der Waals surface area contributed by atoms with Crippen molar-refractivity contribution in [3.05, 3.63) is 45.6 Å². The summed E-state index contributed by atoms with van der Waals surface area (Å²) in [4.78, 5) is 33.8. The van der Waals surface area contributed by atoms with Gasteiger partial charge < -0.3 is 5.32 Å². The van der Waals surface area contributed by atoms with Gasteiger partial charge in [-0.2, -0.15) is 0 Å². The number of carbonyl (C=O) groups excluding carboxylic acids is 1. The molecule has 24 heavy (non-hydrogen) atoms. The highest BCUT2D eigenvalue weighted by molar-refractivity contribution is 7.99. The number of anilines is 1. The minimum atomic E-state index is -0.269. The summed E-state index contributed by atoms with van der Waals surface area (Å²) in [5, 5.41) is 3.62. The van der Waals surface area contributed by atoms with Gasteiger partial charge >= 0.3 is 0 Å². The molecule has 1 unspecified atom stereocenters. The van der Waals surface area contributed by atoms with Gasteiger partial charge in [0.05, 0.1) is 17.8 Å². The summed E-state index contributed by atoms with van der Waals surface area (Å²) >= 11 is 1.46.